The molecular formula is C18H32N2O. The van der Waals surface area contributed by atoms with E-state index in [9.17, 15) is 0 Å². The lowest BCUT2D eigenvalue weighted by Gasteiger charge is -2.25. The predicted molar refractivity (Wildman–Crippen MR) is 91.1 cm³/mol. The number of nitrogens with zero attached hydrogens (tertiary/aromatic N) is 1. The van der Waals surface area contributed by atoms with E-state index in [1.165, 1.54) is 31.4 Å². The van der Waals surface area contributed by atoms with Gasteiger partial charge in [0.2, 0.25) is 0 Å². The number of hydrogen-bond donors (Lipinski definition) is 1. The molecule has 0 aliphatic heterocycles. The maximum atomic E-state index is 5.52. The molecule has 0 bridgehead atoms. The van der Waals surface area contributed by atoms with Gasteiger partial charge in [0.15, 0.2) is 0 Å². The van der Waals surface area contributed by atoms with Gasteiger partial charge in [-0.05, 0) is 51.2 Å². The van der Waals surface area contributed by atoms with Gasteiger partial charge in [0.25, 0.3) is 0 Å². The Hall–Kier alpha value is -1.06. The van der Waals surface area contributed by atoms with Crippen molar-refractivity contribution in [2.45, 2.75) is 46.1 Å². The largest absolute Gasteiger partial charge is 0.494 e. The van der Waals surface area contributed by atoms with Crippen molar-refractivity contribution < 1.29 is 4.74 Å². The summed E-state index contributed by atoms with van der Waals surface area (Å²) in [5, 5.41) is 3.59. The number of unbranched alkanes of at least 4 members (excludes halogenated alkanes) is 2. The van der Waals surface area contributed by atoms with E-state index in [4.69, 9.17) is 4.74 Å². The van der Waals surface area contributed by atoms with Crippen molar-refractivity contribution in [3.8, 4) is 5.75 Å². The Bertz CT molecular complexity index is 364. The Balaban J connectivity index is 2.58. The minimum Gasteiger partial charge on any atom is -0.494 e. The molecule has 1 rings (SSSR count). The van der Waals surface area contributed by atoms with Gasteiger partial charge in [-0.2, -0.15) is 0 Å². The highest BCUT2D eigenvalue weighted by molar-refractivity contribution is 5.29. The molecule has 3 heteroatoms. The summed E-state index contributed by atoms with van der Waals surface area (Å²) in [5.74, 6) is 0.952. The summed E-state index contributed by atoms with van der Waals surface area (Å²) in [5.41, 5.74) is 1.34. The molecule has 0 heterocycles. The molecule has 0 radical (unpaired) electrons. The number of hydrogen-bond acceptors (Lipinski definition) is 3. The van der Waals surface area contributed by atoms with E-state index in [1.54, 1.807) is 0 Å². The van der Waals surface area contributed by atoms with Crippen molar-refractivity contribution in [1.82, 2.24) is 10.2 Å². The minimum atomic E-state index is 0.386. The normalized spacial score (nSPS) is 12.6. The van der Waals surface area contributed by atoms with E-state index in [1.807, 2.05) is 6.92 Å². The molecule has 1 aromatic carbocycles. The summed E-state index contributed by atoms with van der Waals surface area (Å²) in [7, 11) is 2.22. The average Bonchev–Trinajstić information content (AvgIpc) is 2.48. The van der Waals surface area contributed by atoms with Crippen LogP contribution < -0.4 is 10.1 Å². The zero-order chi connectivity index (χ0) is 15.5. The first kappa shape index (κ1) is 18.0. The molecule has 1 N–H and O–H groups in total. The zero-order valence-electron chi connectivity index (χ0n) is 14.2. The van der Waals surface area contributed by atoms with Crippen LogP contribution in [0, 0.1) is 0 Å². The van der Waals surface area contributed by atoms with Gasteiger partial charge >= 0.3 is 0 Å². The molecule has 1 aromatic rings. The Labute approximate surface area is 130 Å². The first-order valence-corrected chi connectivity index (χ1v) is 8.35. The molecule has 0 aliphatic carbocycles. The smallest absolute Gasteiger partial charge is 0.119 e. The highest BCUT2D eigenvalue weighted by Gasteiger charge is 2.12. The molecule has 0 spiro atoms. The van der Waals surface area contributed by atoms with Crippen LogP contribution in [0.3, 0.4) is 0 Å². The molecule has 0 amide bonds. The molecular weight excluding hydrogens is 260 g/mol. The first-order chi connectivity index (χ1) is 10.2. The monoisotopic (exact) mass is 292 g/mol. The van der Waals surface area contributed by atoms with E-state index in [-0.39, 0.29) is 0 Å². The molecule has 1 atom stereocenters. The number of benzene rings is 1. The summed E-state index contributed by atoms with van der Waals surface area (Å²) in [6.45, 7) is 10.4. The summed E-state index contributed by atoms with van der Waals surface area (Å²) >= 11 is 0. The second kappa shape index (κ2) is 10.6. The van der Waals surface area contributed by atoms with E-state index in [0.717, 1.165) is 25.4 Å². The van der Waals surface area contributed by atoms with E-state index >= 15 is 0 Å². The van der Waals surface area contributed by atoms with Crippen LogP contribution in [-0.2, 0) is 0 Å². The second-order valence-electron chi connectivity index (χ2n) is 5.58. The summed E-state index contributed by atoms with van der Waals surface area (Å²) < 4.78 is 5.52. The van der Waals surface area contributed by atoms with Crippen molar-refractivity contribution in [2.75, 3.05) is 33.3 Å². The van der Waals surface area contributed by atoms with Gasteiger partial charge in [-0.3, -0.25) is 0 Å². The number of likely N-dealkylation sites (N-methyl/N-ethyl adjacent to an activating group) is 2. The quantitative estimate of drug-likeness (QED) is 0.627. The third kappa shape index (κ3) is 6.96. The Morgan fingerprint density at radius 3 is 2.38 bits per heavy atom. The molecule has 0 fully saturated rings. The van der Waals surface area contributed by atoms with Gasteiger partial charge < -0.3 is 15.0 Å². The van der Waals surface area contributed by atoms with Crippen LogP contribution in [-0.4, -0.2) is 38.2 Å². The van der Waals surface area contributed by atoms with Crippen LogP contribution in [0.15, 0.2) is 24.3 Å². The van der Waals surface area contributed by atoms with Gasteiger partial charge in [0, 0.05) is 12.6 Å². The van der Waals surface area contributed by atoms with E-state index < -0.39 is 0 Å². The van der Waals surface area contributed by atoms with Crippen LogP contribution in [0.2, 0.25) is 0 Å². The Kier molecular flexibility index (Phi) is 9.11. The topological polar surface area (TPSA) is 24.5 Å². The molecule has 3 nitrogen and oxygen atoms in total. The molecule has 21 heavy (non-hydrogen) atoms. The third-order valence-corrected chi connectivity index (χ3v) is 3.68. The van der Waals surface area contributed by atoms with Gasteiger partial charge in [0.1, 0.15) is 5.75 Å². The standard InChI is InChI=1S/C18H32N2O/c1-5-8-9-14-20(4)15-18(19-6-2)16-10-12-17(13-11-16)21-7-3/h10-13,18-19H,5-9,14-15H2,1-4H3. The van der Waals surface area contributed by atoms with Crippen LogP contribution in [0.25, 0.3) is 0 Å². The molecule has 120 valence electrons. The van der Waals surface area contributed by atoms with Crippen molar-refractivity contribution in [3.05, 3.63) is 29.8 Å². The van der Waals surface area contributed by atoms with E-state index in [0.29, 0.717) is 6.04 Å². The summed E-state index contributed by atoms with van der Waals surface area (Å²) in [4.78, 5) is 2.43. The van der Waals surface area contributed by atoms with Gasteiger partial charge in [0.05, 0.1) is 6.61 Å². The van der Waals surface area contributed by atoms with Crippen molar-refractivity contribution >= 4 is 0 Å². The van der Waals surface area contributed by atoms with Crippen LogP contribution in [0.5, 0.6) is 5.75 Å². The molecule has 0 saturated heterocycles. The maximum absolute atomic E-state index is 5.52. The van der Waals surface area contributed by atoms with Crippen molar-refractivity contribution in [2.24, 2.45) is 0 Å². The highest BCUT2D eigenvalue weighted by atomic mass is 16.5. The molecule has 0 aliphatic rings. The van der Waals surface area contributed by atoms with Crippen molar-refractivity contribution in [3.63, 3.8) is 0 Å². The summed E-state index contributed by atoms with van der Waals surface area (Å²) in [6.07, 6.45) is 3.89. The number of nitrogens with one attached hydrogen (secondary N) is 1. The fourth-order valence-corrected chi connectivity index (χ4v) is 2.53. The lowest BCUT2D eigenvalue weighted by molar-refractivity contribution is 0.286. The lowest BCUT2D eigenvalue weighted by atomic mass is 10.1. The fraction of sp³-hybridized carbons (Fsp3) is 0.667. The van der Waals surface area contributed by atoms with Gasteiger partial charge in [-0.1, -0.05) is 38.8 Å². The van der Waals surface area contributed by atoms with Crippen molar-refractivity contribution in [1.29, 1.82) is 0 Å². The SMILES string of the molecule is CCCCCN(C)CC(NCC)c1ccc(OCC)cc1. The van der Waals surface area contributed by atoms with Crippen LogP contribution in [0.4, 0.5) is 0 Å². The fourth-order valence-electron chi connectivity index (χ4n) is 2.53. The number of ether oxygens (including phenoxy) is 1. The maximum Gasteiger partial charge on any atom is 0.119 e. The Morgan fingerprint density at radius 1 is 1.10 bits per heavy atom. The molecule has 0 saturated carbocycles. The predicted octanol–water partition coefficient (Wildman–Crippen LogP) is 3.86. The highest BCUT2D eigenvalue weighted by Crippen LogP contribution is 2.19. The molecule has 0 aromatic heterocycles. The zero-order valence-corrected chi connectivity index (χ0v) is 14.2. The average molecular weight is 292 g/mol. The first-order valence-electron chi connectivity index (χ1n) is 8.35. The number of rotatable bonds is 11. The van der Waals surface area contributed by atoms with E-state index in [2.05, 4.69) is 55.4 Å². The van der Waals surface area contributed by atoms with Crippen LogP contribution in [0.1, 0.15) is 51.6 Å². The Morgan fingerprint density at radius 2 is 1.81 bits per heavy atom. The third-order valence-electron chi connectivity index (χ3n) is 3.68. The molecule has 1 unspecified atom stereocenters. The van der Waals surface area contributed by atoms with Gasteiger partial charge in [-0.15, -0.1) is 0 Å². The summed E-state index contributed by atoms with van der Waals surface area (Å²) in [6, 6.07) is 8.88. The van der Waals surface area contributed by atoms with Gasteiger partial charge in [-0.25, -0.2) is 0 Å². The second-order valence-corrected chi connectivity index (χ2v) is 5.58. The minimum absolute atomic E-state index is 0.386. The van der Waals surface area contributed by atoms with Crippen LogP contribution >= 0.6 is 0 Å². The lowest BCUT2D eigenvalue weighted by Crippen LogP contribution is -2.33.